The quantitative estimate of drug-likeness (QED) is 0.758. The van der Waals surface area contributed by atoms with Crippen molar-refractivity contribution in [2.75, 3.05) is 11.5 Å². The molecule has 104 valence electrons. The van der Waals surface area contributed by atoms with Crippen LogP contribution in [0.5, 0.6) is 5.75 Å². The van der Waals surface area contributed by atoms with Crippen molar-refractivity contribution in [1.82, 2.24) is 14.8 Å². The SMILES string of the molecule is CCn1ncnc1CN1C(=O)COc2cc(I)ccc21. The van der Waals surface area contributed by atoms with Gasteiger partial charge in [0, 0.05) is 10.1 Å². The molecule has 1 aliphatic rings. The van der Waals surface area contributed by atoms with Gasteiger partial charge in [-0.2, -0.15) is 5.10 Å². The molecule has 1 aliphatic heterocycles. The van der Waals surface area contributed by atoms with Gasteiger partial charge in [0.1, 0.15) is 17.9 Å². The smallest absolute Gasteiger partial charge is 0.265 e. The lowest BCUT2D eigenvalue weighted by atomic mass is 10.2. The molecular weight excluding hydrogens is 371 g/mol. The minimum atomic E-state index is -0.0654. The standard InChI is InChI=1S/C13H13IN4O2/c1-2-18-12(15-8-16-18)6-17-10-4-3-9(14)5-11(10)20-7-13(17)19/h3-5,8H,2,6-7H2,1H3. The highest BCUT2D eigenvalue weighted by atomic mass is 127. The van der Waals surface area contributed by atoms with Gasteiger partial charge in [0.05, 0.1) is 12.2 Å². The van der Waals surface area contributed by atoms with Crippen LogP contribution in [0.25, 0.3) is 0 Å². The van der Waals surface area contributed by atoms with E-state index in [1.807, 2.05) is 25.1 Å². The van der Waals surface area contributed by atoms with Gasteiger partial charge in [-0.15, -0.1) is 0 Å². The number of carbonyl (C=O) groups is 1. The molecule has 1 aromatic heterocycles. The highest BCUT2D eigenvalue weighted by Gasteiger charge is 2.26. The summed E-state index contributed by atoms with van der Waals surface area (Å²) in [5.74, 6) is 1.44. The molecule has 0 atom stereocenters. The number of ether oxygens (including phenoxy) is 1. The van der Waals surface area contributed by atoms with Gasteiger partial charge >= 0.3 is 0 Å². The molecule has 0 bridgehead atoms. The first-order chi connectivity index (χ1) is 9.69. The molecular formula is C13H13IN4O2. The second-order valence-corrected chi connectivity index (χ2v) is 5.62. The Morgan fingerprint density at radius 1 is 1.45 bits per heavy atom. The number of hydrogen-bond donors (Lipinski definition) is 0. The summed E-state index contributed by atoms with van der Waals surface area (Å²) in [5.41, 5.74) is 0.785. The van der Waals surface area contributed by atoms with Crippen molar-refractivity contribution in [2.45, 2.75) is 20.0 Å². The number of aromatic nitrogens is 3. The third-order valence-electron chi connectivity index (χ3n) is 3.16. The summed E-state index contributed by atoms with van der Waals surface area (Å²) in [6.45, 7) is 3.19. The van der Waals surface area contributed by atoms with Crippen LogP contribution in [0.1, 0.15) is 12.7 Å². The third kappa shape index (κ3) is 2.37. The number of amides is 1. The Hall–Kier alpha value is -1.64. The number of nitrogens with zero attached hydrogens (tertiary/aromatic N) is 4. The highest BCUT2D eigenvalue weighted by Crippen LogP contribution is 2.34. The number of aryl methyl sites for hydroxylation is 1. The predicted molar refractivity (Wildman–Crippen MR) is 81.5 cm³/mol. The van der Waals surface area contributed by atoms with E-state index in [0.29, 0.717) is 6.54 Å². The molecule has 1 amide bonds. The van der Waals surface area contributed by atoms with Crippen LogP contribution in [0.2, 0.25) is 0 Å². The fraction of sp³-hybridized carbons (Fsp3) is 0.308. The van der Waals surface area contributed by atoms with Gasteiger partial charge in [-0.3, -0.25) is 9.69 Å². The molecule has 6 nitrogen and oxygen atoms in total. The lowest BCUT2D eigenvalue weighted by Gasteiger charge is -2.29. The van der Waals surface area contributed by atoms with Crippen LogP contribution in [0.4, 0.5) is 5.69 Å². The van der Waals surface area contributed by atoms with E-state index >= 15 is 0 Å². The Balaban J connectivity index is 1.95. The molecule has 0 saturated heterocycles. The summed E-state index contributed by atoms with van der Waals surface area (Å²) in [5, 5.41) is 4.13. The third-order valence-corrected chi connectivity index (χ3v) is 3.83. The van der Waals surface area contributed by atoms with Gasteiger partial charge in [-0.05, 0) is 47.7 Å². The Morgan fingerprint density at radius 2 is 2.30 bits per heavy atom. The Kier molecular flexibility index (Phi) is 3.60. The van der Waals surface area contributed by atoms with E-state index < -0.39 is 0 Å². The normalized spacial score (nSPS) is 14.1. The van der Waals surface area contributed by atoms with E-state index in [1.165, 1.54) is 6.33 Å². The summed E-state index contributed by atoms with van der Waals surface area (Å²) in [6, 6.07) is 5.79. The molecule has 0 N–H and O–H groups in total. The zero-order chi connectivity index (χ0) is 14.1. The molecule has 0 fully saturated rings. The minimum Gasteiger partial charge on any atom is -0.482 e. The van der Waals surface area contributed by atoms with Gasteiger partial charge in [-0.25, -0.2) is 9.67 Å². The van der Waals surface area contributed by atoms with Gasteiger partial charge in [0.15, 0.2) is 6.61 Å². The molecule has 0 unspecified atom stereocenters. The van der Waals surface area contributed by atoms with Crippen molar-refractivity contribution in [2.24, 2.45) is 0 Å². The number of anilines is 1. The maximum atomic E-state index is 12.1. The summed E-state index contributed by atoms with van der Waals surface area (Å²) in [6.07, 6.45) is 1.51. The van der Waals surface area contributed by atoms with Crippen LogP contribution in [0.3, 0.4) is 0 Å². The van der Waals surface area contributed by atoms with Crippen LogP contribution in [-0.2, 0) is 17.9 Å². The Labute approximate surface area is 129 Å². The van der Waals surface area contributed by atoms with Crippen LogP contribution in [-0.4, -0.2) is 27.3 Å². The maximum absolute atomic E-state index is 12.1. The Bertz CT molecular complexity index is 656. The number of fused-ring (bicyclic) bond motifs is 1. The summed E-state index contributed by atoms with van der Waals surface area (Å²) >= 11 is 2.22. The van der Waals surface area contributed by atoms with E-state index in [2.05, 4.69) is 32.7 Å². The van der Waals surface area contributed by atoms with Crippen LogP contribution in [0.15, 0.2) is 24.5 Å². The molecule has 0 aliphatic carbocycles. The first-order valence-corrected chi connectivity index (χ1v) is 7.36. The molecule has 0 spiro atoms. The number of benzene rings is 1. The van der Waals surface area contributed by atoms with E-state index in [4.69, 9.17) is 4.74 Å². The molecule has 1 aromatic carbocycles. The fourth-order valence-corrected chi connectivity index (χ4v) is 2.63. The maximum Gasteiger partial charge on any atom is 0.265 e. The topological polar surface area (TPSA) is 60.2 Å². The predicted octanol–water partition coefficient (Wildman–Crippen LogP) is 1.83. The van der Waals surface area contributed by atoms with Crippen LogP contribution >= 0.6 is 22.6 Å². The van der Waals surface area contributed by atoms with Gasteiger partial charge in [0.25, 0.3) is 5.91 Å². The van der Waals surface area contributed by atoms with Gasteiger partial charge in [-0.1, -0.05) is 0 Å². The van der Waals surface area contributed by atoms with Crippen LogP contribution in [0, 0.1) is 3.57 Å². The van der Waals surface area contributed by atoms with E-state index in [9.17, 15) is 4.79 Å². The summed E-state index contributed by atoms with van der Waals surface area (Å²) in [7, 11) is 0. The molecule has 3 rings (SSSR count). The van der Waals surface area contributed by atoms with E-state index in [0.717, 1.165) is 27.4 Å². The minimum absolute atomic E-state index is 0.0629. The second-order valence-electron chi connectivity index (χ2n) is 4.37. The summed E-state index contributed by atoms with van der Waals surface area (Å²) < 4.78 is 8.35. The Morgan fingerprint density at radius 3 is 3.10 bits per heavy atom. The highest BCUT2D eigenvalue weighted by molar-refractivity contribution is 14.1. The average molecular weight is 384 g/mol. The van der Waals surface area contributed by atoms with Gasteiger partial charge < -0.3 is 4.74 Å². The lowest BCUT2D eigenvalue weighted by molar-refractivity contribution is -0.121. The number of hydrogen-bond acceptors (Lipinski definition) is 4. The monoisotopic (exact) mass is 384 g/mol. The van der Waals surface area contributed by atoms with Crippen molar-refractivity contribution < 1.29 is 9.53 Å². The van der Waals surface area contributed by atoms with Crippen molar-refractivity contribution in [1.29, 1.82) is 0 Å². The van der Waals surface area contributed by atoms with E-state index in [1.54, 1.807) is 9.58 Å². The van der Waals surface area contributed by atoms with Crippen LogP contribution < -0.4 is 9.64 Å². The first kappa shape index (κ1) is 13.3. The van der Waals surface area contributed by atoms with Crippen molar-refractivity contribution in [3.05, 3.63) is 33.9 Å². The van der Waals surface area contributed by atoms with E-state index in [-0.39, 0.29) is 12.5 Å². The zero-order valence-corrected chi connectivity index (χ0v) is 13.1. The van der Waals surface area contributed by atoms with Crippen molar-refractivity contribution in [3.8, 4) is 5.75 Å². The molecule has 2 aromatic rings. The number of rotatable bonds is 3. The molecule has 0 radical (unpaired) electrons. The zero-order valence-electron chi connectivity index (χ0n) is 10.9. The fourth-order valence-electron chi connectivity index (χ4n) is 2.17. The summed E-state index contributed by atoms with van der Waals surface area (Å²) in [4.78, 5) is 18.0. The first-order valence-electron chi connectivity index (χ1n) is 6.28. The molecule has 2 heterocycles. The molecule has 7 heteroatoms. The lowest BCUT2D eigenvalue weighted by Crippen LogP contribution is -2.39. The number of carbonyl (C=O) groups excluding carboxylic acids is 1. The molecule has 0 saturated carbocycles. The molecule has 20 heavy (non-hydrogen) atoms. The number of halogens is 1. The van der Waals surface area contributed by atoms with Crippen molar-refractivity contribution >= 4 is 34.2 Å². The van der Waals surface area contributed by atoms with Gasteiger partial charge in [0.2, 0.25) is 0 Å². The largest absolute Gasteiger partial charge is 0.482 e. The average Bonchev–Trinajstić information content (AvgIpc) is 2.89. The second kappa shape index (κ2) is 5.39. The van der Waals surface area contributed by atoms with Crippen molar-refractivity contribution in [3.63, 3.8) is 0 Å².